The van der Waals surface area contributed by atoms with Crippen molar-refractivity contribution in [3.63, 3.8) is 0 Å². The molecule has 1 saturated heterocycles. The first kappa shape index (κ1) is 19.9. The Kier molecular flexibility index (Phi) is 9.21. The number of hydrogen-bond donors (Lipinski definition) is 2. The maximum absolute atomic E-state index is 11.6. The largest absolute Gasteiger partial charge is 0.354 e. The summed E-state index contributed by atoms with van der Waals surface area (Å²) in [5.74, 6) is 0.0591. The summed E-state index contributed by atoms with van der Waals surface area (Å²) in [5.41, 5.74) is 6.67. The topological polar surface area (TPSA) is 76.2 Å². The van der Waals surface area contributed by atoms with E-state index in [2.05, 4.69) is 28.4 Å². The van der Waals surface area contributed by atoms with Gasteiger partial charge in [-0.1, -0.05) is 13.3 Å². The number of rotatable bonds is 8. The summed E-state index contributed by atoms with van der Waals surface area (Å²) in [6.45, 7) is 6.28. The van der Waals surface area contributed by atoms with Crippen LogP contribution in [0.2, 0.25) is 0 Å². The Balaban J connectivity index is 0.00000264. The van der Waals surface area contributed by atoms with E-state index >= 15 is 0 Å². The number of amides is 1. The molecule has 1 fully saturated rings. The molecule has 1 aromatic heterocycles. The molecule has 3 N–H and O–H groups in total. The molecule has 0 radical (unpaired) electrons. The average Bonchev–Trinajstić information content (AvgIpc) is 2.94. The van der Waals surface area contributed by atoms with Gasteiger partial charge in [-0.15, -0.1) is 12.4 Å². The van der Waals surface area contributed by atoms with Crippen molar-refractivity contribution in [3.8, 4) is 0 Å². The van der Waals surface area contributed by atoms with Crippen LogP contribution >= 0.6 is 12.4 Å². The van der Waals surface area contributed by atoms with Gasteiger partial charge >= 0.3 is 0 Å². The highest BCUT2D eigenvalue weighted by Gasteiger charge is 2.23. The Bertz CT molecular complexity index is 465. The van der Waals surface area contributed by atoms with Crippen LogP contribution in [0.3, 0.4) is 0 Å². The van der Waals surface area contributed by atoms with E-state index in [1.165, 1.54) is 18.4 Å². The number of aryl methyl sites for hydroxylation is 1. The van der Waals surface area contributed by atoms with Gasteiger partial charge in [0.2, 0.25) is 5.91 Å². The number of nitrogens with zero attached hydrogens (tertiary/aromatic N) is 3. The van der Waals surface area contributed by atoms with Gasteiger partial charge in [-0.05, 0) is 25.8 Å². The lowest BCUT2D eigenvalue weighted by atomic mass is 10.0. The molecule has 1 atom stereocenters. The zero-order valence-electron chi connectivity index (χ0n) is 14.0. The number of carbonyl (C=O) groups excluding carboxylic acids is 1. The number of carbonyl (C=O) groups is 1. The van der Waals surface area contributed by atoms with Crippen LogP contribution in [0.25, 0.3) is 0 Å². The second kappa shape index (κ2) is 10.6. The highest BCUT2D eigenvalue weighted by molar-refractivity contribution is 5.85. The minimum Gasteiger partial charge on any atom is -0.354 e. The van der Waals surface area contributed by atoms with Gasteiger partial charge in [-0.2, -0.15) is 5.10 Å². The van der Waals surface area contributed by atoms with Crippen LogP contribution in [0.4, 0.5) is 0 Å². The molecule has 1 aromatic rings. The van der Waals surface area contributed by atoms with E-state index < -0.39 is 0 Å². The van der Waals surface area contributed by atoms with Crippen molar-refractivity contribution in [2.45, 2.75) is 58.2 Å². The van der Waals surface area contributed by atoms with Crippen LogP contribution in [-0.4, -0.2) is 46.3 Å². The molecule has 1 amide bonds. The van der Waals surface area contributed by atoms with Crippen LogP contribution in [0.15, 0.2) is 12.4 Å². The monoisotopic (exact) mass is 343 g/mol. The van der Waals surface area contributed by atoms with Crippen LogP contribution in [-0.2, 0) is 17.9 Å². The molecule has 1 aliphatic rings. The fraction of sp³-hybridized carbons (Fsp3) is 0.750. The molecule has 0 spiro atoms. The van der Waals surface area contributed by atoms with Crippen molar-refractivity contribution >= 4 is 18.3 Å². The van der Waals surface area contributed by atoms with Crippen molar-refractivity contribution in [2.24, 2.45) is 5.73 Å². The smallest absolute Gasteiger partial charge is 0.221 e. The predicted octanol–water partition coefficient (Wildman–Crippen LogP) is 1.53. The Labute approximate surface area is 145 Å². The van der Waals surface area contributed by atoms with E-state index in [9.17, 15) is 4.79 Å². The number of aromatic nitrogens is 2. The molecule has 2 rings (SSSR count). The summed E-state index contributed by atoms with van der Waals surface area (Å²) in [6.07, 6.45) is 9.24. The maximum atomic E-state index is 11.6. The van der Waals surface area contributed by atoms with Gasteiger partial charge in [0.1, 0.15) is 0 Å². The van der Waals surface area contributed by atoms with Gasteiger partial charge in [0, 0.05) is 50.4 Å². The van der Waals surface area contributed by atoms with Crippen molar-refractivity contribution in [1.82, 2.24) is 20.0 Å². The fourth-order valence-electron chi connectivity index (χ4n) is 3.02. The van der Waals surface area contributed by atoms with Crippen LogP contribution in [0, 0.1) is 0 Å². The third-order valence-electron chi connectivity index (χ3n) is 4.18. The molecule has 7 heteroatoms. The summed E-state index contributed by atoms with van der Waals surface area (Å²) in [5, 5.41) is 7.41. The fourth-order valence-corrected chi connectivity index (χ4v) is 3.02. The van der Waals surface area contributed by atoms with E-state index in [0.29, 0.717) is 19.0 Å². The van der Waals surface area contributed by atoms with Crippen molar-refractivity contribution in [1.29, 1.82) is 0 Å². The van der Waals surface area contributed by atoms with E-state index in [-0.39, 0.29) is 18.3 Å². The Morgan fingerprint density at radius 1 is 1.48 bits per heavy atom. The van der Waals surface area contributed by atoms with Gasteiger partial charge in [0.25, 0.3) is 0 Å². The summed E-state index contributed by atoms with van der Waals surface area (Å²) in [4.78, 5) is 14.1. The van der Waals surface area contributed by atoms with E-state index in [1.54, 1.807) is 0 Å². The number of likely N-dealkylation sites (tertiary alicyclic amines) is 1. The summed E-state index contributed by atoms with van der Waals surface area (Å²) < 4.78 is 2.01. The molecular weight excluding hydrogens is 314 g/mol. The van der Waals surface area contributed by atoms with E-state index in [1.807, 2.05) is 10.9 Å². The van der Waals surface area contributed by atoms with Crippen LogP contribution in [0.1, 0.15) is 44.6 Å². The van der Waals surface area contributed by atoms with Crippen molar-refractivity contribution < 1.29 is 4.79 Å². The third-order valence-corrected chi connectivity index (χ3v) is 4.18. The number of hydrogen-bond acceptors (Lipinski definition) is 4. The quantitative estimate of drug-likeness (QED) is 0.750. The average molecular weight is 344 g/mol. The van der Waals surface area contributed by atoms with Gasteiger partial charge in [0.05, 0.1) is 6.20 Å². The Morgan fingerprint density at radius 2 is 2.30 bits per heavy atom. The van der Waals surface area contributed by atoms with Crippen molar-refractivity contribution in [2.75, 3.05) is 19.6 Å². The summed E-state index contributed by atoms with van der Waals surface area (Å²) in [7, 11) is 0. The summed E-state index contributed by atoms with van der Waals surface area (Å²) in [6, 6.07) is 0.421. The number of halogens is 1. The molecule has 23 heavy (non-hydrogen) atoms. The first-order valence-electron chi connectivity index (χ1n) is 8.45. The second-order valence-corrected chi connectivity index (χ2v) is 6.07. The summed E-state index contributed by atoms with van der Waals surface area (Å²) >= 11 is 0. The highest BCUT2D eigenvalue weighted by atomic mass is 35.5. The predicted molar refractivity (Wildman–Crippen MR) is 94.5 cm³/mol. The van der Waals surface area contributed by atoms with Gasteiger partial charge < -0.3 is 11.1 Å². The Morgan fingerprint density at radius 3 is 3.04 bits per heavy atom. The third kappa shape index (κ3) is 6.49. The standard InChI is InChI=1S/C16H29N5O.ClH/c1-2-8-21-13-14(10-19-21)12-20-9-4-3-5-15(20)11-18-16(22)6-7-17;/h10,13,15H,2-9,11-12,17H2,1H3,(H,18,22);1H. The molecule has 132 valence electrons. The lowest BCUT2D eigenvalue weighted by Gasteiger charge is -2.35. The normalized spacial score (nSPS) is 18.4. The van der Waals surface area contributed by atoms with Crippen LogP contribution in [0.5, 0.6) is 0 Å². The molecule has 0 aliphatic carbocycles. The van der Waals surface area contributed by atoms with Gasteiger partial charge in [-0.25, -0.2) is 0 Å². The molecule has 0 saturated carbocycles. The number of piperidine rings is 1. The van der Waals surface area contributed by atoms with Gasteiger partial charge in [-0.3, -0.25) is 14.4 Å². The van der Waals surface area contributed by atoms with Gasteiger partial charge in [0.15, 0.2) is 0 Å². The molecule has 0 bridgehead atoms. The molecule has 1 aliphatic heterocycles. The first-order chi connectivity index (χ1) is 10.7. The lowest BCUT2D eigenvalue weighted by Crippen LogP contribution is -2.46. The molecule has 0 aromatic carbocycles. The lowest BCUT2D eigenvalue weighted by molar-refractivity contribution is -0.121. The number of nitrogens with two attached hydrogens (primary N) is 1. The SMILES string of the molecule is CCCn1cc(CN2CCCCC2CNC(=O)CCN)cn1.Cl. The second-order valence-electron chi connectivity index (χ2n) is 6.07. The highest BCUT2D eigenvalue weighted by Crippen LogP contribution is 2.19. The minimum absolute atomic E-state index is 0. The minimum atomic E-state index is 0. The zero-order chi connectivity index (χ0) is 15.8. The molecule has 2 heterocycles. The number of nitrogens with one attached hydrogen (secondary N) is 1. The molecular formula is C16H30ClN5O. The molecule has 1 unspecified atom stereocenters. The Hall–Kier alpha value is -1.11. The molecule has 6 nitrogen and oxygen atoms in total. The first-order valence-corrected chi connectivity index (χ1v) is 8.45. The van der Waals surface area contributed by atoms with Crippen molar-refractivity contribution in [3.05, 3.63) is 18.0 Å². The maximum Gasteiger partial charge on any atom is 0.221 e. The van der Waals surface area contributed by atoms with E-state index in [4.69, 9.17) is 5.73 Å². The van der Waals surface area contributed by atoms with Crippen LogP contribution < -0.4 is 11.1 Å². The van der Waals surface area contributed by atoms with E-state index in [0.717, 1.165) is 39.0 Å². The zero-order valence-corrected chi connectivity index (χ0v) is 14.9.